The Labute approximate surface area is 169 Å². The molecule has 150 valence electrons. The Balaban J connectivity index is 1.44. The van der Waals surface area contributed by atoms with E-state index in [1.165, 1.54) is 18.2 Å². The molecule has 1 N–H and O–H groups in total. The number of fused-ring (bicyclic) bond motifs is 1. The van der Waals surface area contributed by atoms with E-state index in [0.717, 1.165) is 42.4 Å². The van der Waals surface area contributed by atoms with E-state index < -0.39 is 9.84 Å². The topological polar surface area (TPSA) is 93.9 Å². The molecule has 1 fully saturated rings. The van der Waals surface area contributed by atoms with Crippen molar-refractivity contribution in [2.24, 2.45) is 0 Å². The molecular weight excluding hydrogens is 396 g/mol. The molecule has 0 spiro atoms. The highest BCUT2D eigenvalue weighted by Gasteiger charge is 2.29. The van der Waals surface area contributed by atoms with E-state index in [1.54, 1.807) is 6.07 Å². The van der Waals surface area contributed by atoms with Gasteiger partial charge in [0.1, 0.15) is 5.82 Å². The highest BCUT2D eigenvalue weighted by Crippen LogP contribution is 2.33. The third-order valence-electron chi connectivity index (χ3n) is 5.21. The molecule has 1 aromatic heterocycles. The molecule has 1 atom stereocenters. The van der Waals surface area contributed by atoms with Crippen molar-refractivity contribution < 1.29 is 13.2 Å². The lowest BCUT2D eigenvalue weighted by Crippen LogP contribution is -2.25. The van der Waals surface area contributed by atoms with Crippen LogP contribution in [-0.2, 0) is 29.3 Å². The number of carbonyl (C=O) groups is 1. The van der Waals surface area contributed by atoms with Gasteiger partial charge in [-0.3, -0.25) is 4.79 Å². The Kier molecular flexibility index (Phi) is 5.73. The van der Waals surface area contributed by atoms with E-state index in [4.69, 9.17) is 0 Å². The van der Waals surface area contributed by atoms with E-state index in [1.807, 2.05) is 18.2 Å². The van der Waals surface area contributed by atoms with Gasteiger partial charge < -0.3 is 9.88 Å². The highest BCUT2D eigenvalue weighted by atomic mass is 32.2. The molecule has 4 rings (SSSR count). The van der Waals surface area contributed by atoms with Crippen LogP contribution in [0, 0.1) is 0 Å². The average molecular weight is 421 g/mol. The smallest absolute Gasteiger partial charge is 0.252 e. The van der Waals surface area contributed by atoms with Crippen LogP contribution >= 0.6 is 11.8 Å². The van der Waals surface area contributed by atoms with Crippen molar-refractivity contribution in [2.75, 3.05) is 11.5 Å². The molecule has 9 heteroatoms. The van der Waals surface area contributed by atoms with Crippen molar-refractivity contribution in [3.8, 4) is 0 Å². The molecule has 2 aliphatic heterocycles. The van der Waals surface area contributed by atoms with Gasteiger partial charge in [-0.2, -0.15) is 0 Å². The number of hydrogen-bond donors (Lipinski definition) is 1. The zero-order valence-corrected chi connectivity index (χ0v) is 17.3. The molecule has 0 saturated carbocycles. The summed E-state index contributed by atoms with van der Waals surface area (Å²) in [4.78, 5) is 13.6. The fourth-order valence-electron chi connectivity index (χ4n) is 3.72. The van der Waals surface area contributed by atoms with E-state index in [-0.39, 0.29) is 22.7 Å². The number of amides is 1. The third kappa shape index (κ3) is 4.41. The first-order valence-electron chi connectivity index (χ1n) is 9.67. The van der Waals surface area contributed by atoms with Crippen molar-refractivity contribution in [3.05, 3.63) is 41.5 Å². The van der Waals surface area contributed by atoms with Gasteiger partial charge in [0.25, 0.3) is 5.91 Å². The van der Waals surface area contributed by atoms with Gasteiger partial charge in [0.2, 0.25) is 0 Å². The van der Waals surface area contributed by atoms with Gasteiger partial charge >= 0.3 is 0 Å². The minimum absolute atomic E-state index is 0.00575. The lowest BCUT2D eigenvalue weighted by atomic mass is 10.2. The van der Waals surface area contributed by atoms with Crippen LogP contribution in [0.25, 0.3) is 0 Å². The fraction of sp³-hybridized carbons (Fsp3) is 0.526. The fourth-order valence-corrected chi connectivity index (χ4v) is 7.35. The second-order valence-electron chi connectivity index (χ2n) is 7.32. The first-order chi connectivity index (χ1) is 13.5. The number of aryl methyl sites for hydroxylation is 1. The minimum Gasteiger partial charge on any atom is -0.345 e. The number of aromatic nitrogens is 3. The van der Waals surface area contributed by atoms with Gasteiger partial charge in [-0.15, -0.1) is 22.0 Å². The molecule has 2 aromatic rings. The van der Waals surface area contributed by atoms with Crippen LogP contribution in [0.3, 0.4) is 0 Å². The van der Waals surface area contributed by atoms with Gasteiger partial charge in [-0.25, -0.2) is 8.42 Å². The zero-order chi connectivity index (χ0) is 19.6. The summed E-state index contributed by atoms with van der Waals surface area (Å²) in [6.45, 7) is 1.23. The number of sulfone groups is 1. The molecule has 1 unspecified atom stereocenters. The molecule has 2 aliphatic rings. The van der Waals surface area contributed by atoms with Crippen LogP contribution in [0.5, 0.6) is 0 Å². The first-order valence-corrected chi connectivity index (χ1v) is 12.4. The second-order valence-corrected chi connectivity index (χ2v) is 10.9. The summed E-state index contributed by atoms with van der Waals surface area (Å²) < 4.78 is 25.6. The lowest BCUT2D eigenvalue weighted by molar-refractivity contribution is 0.0946. The zero-order valence-electron chi connectivity index (χ0n) is 15.6. The van der Waals surface area contributed by atoms with Gasteiger partial charge in [0, 0.05) is 23.1 Å². The Morgan fingerprint density at radius 2 is 2.07 bits per heavy atom. The summed E-state index contributed by atoms with van der Waals surface area (Å²) >= 11 is 1.48. The Hall–Kier alpha value is -1.87. The maximum Gasteiger partial charge on any atom is 0.252 e. The Morgan fingerprint density at radius 1 is 1.21 bits per heavy atom. The van der Waals surface area contributed by atoms with Gasteiger partial charge in [-0.05, 0) is 31.4 Å². The summed E-state index contributed by atoms with van der Waals surface area (Å²) in [5, 5.41) is 11.5. The van der Waals surface area contributed by atoms with Gasteiger partial charge in [-0.1, -0.05) is 18.6 Å². The monoisotopic (exact) mass is 420 g/mol. The summed E-state index contributed by atoms with van der Waals surface area (Å²) in [6, 6.07) is 7.37. The van der Waals surface area contributed by atoms with Crippen molar-refractivity contribution in [1.82, 2.24) is 20.1 Å². The van der Waals surface area contributed by atoms with Crippen molar-refractivity contribution in [1.29, 1.82) is 0 Å². The third-order valence-corrected chi connectivity index (χ3v) is 8.53. The van der Waals surface area contributed by atoms with Crippen LogP contribution in [0.15, 0.2) is 29.2 Å². The van der Waals surface area contributed by atoms with E-state index >= 15 is 0 Å². The van der Waals surface area contributed by atoms with Crippen molar-refractivity contribution >= 4 is 27.5 Å². The molecular formula is C19H24N4O3S2. The molecule has 1 aromatic carbocycles. The molecule has 1 amide bonds. The SMILES string of the molecule is O=C(NCc1nnc2n1CCCCC2)c1ccccc1SC1CCS(=O)(=O)C1. The normalized spacial score (nSPS) is 21.1. The average Bonchev–Trinajstić information content (AvgIpc) is 3.13. The summed E-state index contributed by atoms with van der Waals surface area (Å²) in [5.74, 6) is 2.03. The van der Waals surface area contributed by atoms with Crippen molar-refractivity contribution in [2.45, 2.75) is 55.3 Å². The molecule has 1 saturated heterocycles. The number of carbonyl (C=O) groups excluding carboxylic acids is 1. The van der Waals surface area contributed by atoms with Crippen LogP contribution in [0.1, 0.15) is 47.7 Å². The minimum atomic E-state index is -2.94. The molecule has 0 aliphatic carbocycles. The summed E-state index contributed by atoms with van der Waals surface area (Å²) in [7, 11) is -2.94. The summed E-state index contributed by atoms with van der Waals surface area (Å²) in [6.07, 6.45) is 5.00. The predicted octanol–water partition coefficient (Wildman–Crippen LogP) is 2.21. The number of rotatable bonds is 5. The number of benzene rings is 1. The van der Waals surface area contributed by atoms with Crippen LogP contribution in [0.4, 0.5) is 0 Å². The quantitative estimate of drug-likeness (QED) is 0.797. The second kappa shape index (κ2) is 8.24. The van der Waals surface area contributed by atoms with Crippen LogP contribution in [0.2, 0.25) is 0 Å². The Bertz CT molecular complexity index is 971. The van der Waals surface area contributed by atoms with E-state index in [2.05, 4.69) is 20.1 Å². The van der Waals surface area contributed by atoms with Crippen LogP contribution < -0.4 is 5.32 Å². The summed E-state index contributed by atoms with van der Waals surface area (Å²) in [5.41, 5.74) is 0.576. The molecule has 3 heterocycles. The van der Waals surface area contributed by atoms with Crippen molar-refractivity contribution in [3.63, 3.8) is 0 Å². The maximum absolute atomic E-state index is 12.8. The van der Waals surface area contributed by atoms with E-state index in [9.17, 15) is 13.2 Å². The number of thioether (sulfide) groups is 1. The van der Waals surface area contributed by atoms with Gasteiger partial charge in [0.05, 0.1) is 23.6 Å². The molecule has 0 bridgehead atoms. The number of nitrogens with zero attached hydrogens (tertiary/aromatic N) is 3. The highest BCUT2D eigenvalue weighted by molar-refractivity contribution is 8.02. The van der Waals surface area contributed by atoms with Gasteiger partial charge in [0.15, 0.2) is 15.7 Å². The first kappa shape index (κ1) is 19.4. The lowest BCUT2D eigenvalue weighted by Gasteiger charge is -2.13. The largest absolute Gasteiger partial charge is 0.345 e. The van der Waals surface area contributed by atoms with Crippen LogP contribution in [-0.4, -0.2) is 45.8 Å². The standard InChI is InChI=1S/C19H24N4O3S2/c24-19(20-12-18-22-21-17-8-2-1-5-10-23(17)18)15-6-3-4-7-16(15)27-14-9-11-28(25,26)13-14/h3-4,6-7,14H,1-2,5,8-13H2,(H,20,24). The maximum atomic E-state index is 12.8. The number of hydrogen-bond acceptors (Lipinski definition) is 6. The molecule has 0 radical (unpaired) electrons. The predicted molar refractivity (Wildman–Crippen MR) is 108 cm³/mol. The molecule has 7 nitrogen and oxygen atoms in total. The molecule has 28 heavy (non-hydrogen) atoms. The Morgan fingerprint density at radius 3 is 2.89 bits per heavy atom. The number of nitrogens with one attached hydrogen (secondary N) is 1. The van der Waals surface area contributed by atoms with E-state index in [0.29, 0.717) is 18.5 Å².